The molecule has 0 fully saturated rings. The van der Waals surface area contributed by atoms with Gasteiger partial charge in [-0.1, -0.05) is 167 Å². The van der Waals surface area contributed by atoms with Crippen molar-refractivity contribution in [2.24, 2.45) is 11.8 Å². The fourth-order valence-corrected chi connectivity index (χ4v) is 1.72. The van der Waals surface area contributed by atoms with Gasteiger partial charge in [0.2, 0.25) is 0 Å². The first-order valence-electron chi connectivity index (χ1n) is 12.8. The summed E-state index contributed by atoms with van der Waals surface area (Å²) in [7, 11) is 0. The zero-order valence-electron chi connectivity index (χ0n) is 22.3. The van der Waals surface area contributed by atoms with Crippen LogP contribution in [-0.2, 0) is 0 Å². The Hall–Kier alpha value is 0. The van der Waals surface area contributed by atoms with Crippen LogP contribution in [0.1, 0.15) is 167 Å². The lowest BCUT2D eigenvalue weighted by atomic mass is 10.1. The molecular weight excluding hydrogens is 324 g/mol. The van der Waals surface area contributed by atoms with Gasteiger partial charge in [0.15, 0.2) is 0 Å². The van der Waals surface area contributed by atoms with E-state index in [0.29, 0.717) is 0 Å². The maximum Gasteiger partial charge on any atom is -0.0448 e. The highest BCUT2D eigenvalue weighted by Gasteiger charge is 1.88. The predicted molar refractivity (Wildman–Crippen MR) is 135 cm³/mol. The second-order valence-electron chi connectivity index (χ2n) is 8.16. The van der Waals surface area contributed by atoms with Crippen LogP contribution < -0.4 is 0 Å². The van der Waals surface area contributed by atoms with Crippen molar-refractivity contribution in [3.8, 4) is 0 Å². The van der Waals surface area contributed by atoms with E-state index in [2.05, 4.69) is 83.1 Å². The van der Waals surface area contributed by atoms with Gasteiger partial charge in [-0.25, -0.2) is 0 Å². The van der Waals surface area contributed by atoms with Gasteiger partial charge < -0.3 is 0 Å². The summed E-state index contributed by atoms with van der Waals surface area (Å²) in [6, 6.07) is 0. The lowest BCUT2D eigenvalue weighted by Gasteiger charge is -1.98. The molecule has 0 aromatic heterocycles. The minimum Gasteiger partial charge on any atom is -0.0654 e. The third-order valence-electron chi connectivity index (χ3n) is 4.42. The number of hydrogen-bond acceptors (Lipinski definition) is 0. The largest absolute Gasteiger partial charge is 0.0654 e. The first-order chi connectivity index (χ1) is 12.8. The van der Waals surface area contributed by atoms with Gasteiger partial charge in [0, 0.05) is 0 Å². The monoisotopic (exact) mass is 389 g/mol. The standard InChI is InChI=1S/3C6H14.C5H12.C4H10/c1-4-5-6(2)3;1-4-6(3)5-2;1-3-5-6-4-2;1-3-5-4-2;1-3-4-2/h2*6H,4-5H2,1-3H3;3-6H2,1-2H3;3-5H2,1-2H3;3-4H2,1-2H3. The molecule has 0 aliphatic carbocycles. The molecule has 0 aromatic rings. The molecule has 0 N–H and O–H groups in total. The van der Waals surface area contributed by atoms with E-state index >= 15 is 0 Å². The van der Waals surface area contributed by atoms with Gasteiger partial charge in [0.05, 0.1) is 0 Å². The highest BCUT2D eigenvalue weighted by atomic mass is 13.9. The van der Waals surface area contributed by atoms with Crippen molar-refractivity contribution in [2.75, 3.05) is 0 Å². The lowest BCUT2D eigenvalue weighted by molar-refractivity contribution is 0.544. The van der Waals surface area contributed by atoms with Crippen LogP contribution in [0.15, 0.2) is 0 Å². The topological polar surface area (TPSA) is 0 Å². The number of unbranched alkanes of at least 4 members (excludes halogenated alkanes) is 6. The molecule has 0 aliphatic rings. The van der Waals surface area contributed by atoms with Crippen LogP contribution in [-0.4, -0.2) is 0 Å². The Balaban J connectivity index is -0.0000000753. The molecule has 0 bridgehead atoms. The van der Waals surface area contributed by atoms with Crippen molar-refractivity contribution in [1.82, 2.24) is 0 Å². The average molecular weight is 389 g/mol. The van der Waals surface area contributed by atoms with E-state index in [1.54, 1.807) is 0 Å². The summed E-state index contributed by atoms with van der Waals surface area (Å²) in [5.41, 5.74) is 0. The Kier molecular flexibility index (Phi) is 62.9. The van der Waals surface area contributed by atoms with E-state index in [1.807, 2.05) is 0 Å². The van der Waals surface area contributed by atoms with Gasteiger partial charge in [-0.3, -0.25) is 0 Å². The van der Waals surface area contributed by atoms with Gasteiger partial charge in [-0.2, -0.15) is 0 Å². The zero-order chi connectivity index (χ0) is 22.3. The SMILES string of the molecule is CCC(C)CC.CCCC.CCCC(C)C.CCCCC.CCCCCC. The van der Waals surface area contributed by atoms with Crippen molar-refractivity contribution in [3.05, 3.63) is 0 Å². The molecule has 172 valence electrons. The normalized spacial score (nSPS) is 9.11. The molecule has 0 unspecified atom stereocenters. The molecule has 0 amide bonds. The zero-order valence-corrected chi connectivity index (χ0v) is 22.3. The maximum atomic E-state index is 2.28. The molecular formula is C27H64. The molecule has 0 aliphatic heterocycles. The van der Waals surface area contributed by atoms with Gasteiger partial charge in [-0.05, 0) is 11.8 Å². The molecule has 0 saturated carbocycles. The van der Waals surface area contributed by atoms with Gasteiger partial charge in [0.25, 0.3) is 0 Å². The summed E-state index contributed by atoms with van der Waals surface area (Å²) in [5, 5.41) is 0. The molecule has 0 rings (SSSR count). The summed E-state index contributed by atoms with van der Waals surface area (Å²) in [5.74, 6) is 1.83. The van der Waals surface area contributed by atoms with E-state index in [4.69, 9.17) is 0 Å². The first kappa shape index (κ1) is 37.7. The minimum atomic E-state index is 0.898. The van der Waals surface area contributed by atoms with Crippen LogP contribution in [0.25, 0.3) is 0 Å². The Morgan fingerprint density at radius 3 is 0.778 bits per heavy atom. The smallest absolute Gasteiger partial charge is 0.0448 e. The summed E-state index contributed by atoms with van der Waals surface area (Å²) in [6.07, 6.45) is 17.6. The fourth-order valence-electron chi connectivity index (χ4n) is 1.72. The van der Waals surface area contributed by atoms with E-state index in [1.165, 1.54) is 83.5 Å². The van der Waals surface area contributed by atoms with E-state index < -0.39 is 0 Å². The molecule has 0 radical (unpaired) electrons. The fraction of sp³-hybridized carbons (Fsp3) is 1.00. The van der Waals surface area contributed by atoms with Gasteiger partial charge in [0.1, 0.15) is 0 Å². The van der Waals surface area contributed by atoms with Crippen molar-refractivity contribution in [3.63, 3.8) is 0 Å². The molecule has 0 atom stereocenters. The van der Waals surface area contributed by atoms with E-state index in [0.717, 1.165) is 11.8 Å². The highest BCUT2D eigenvalue weighted by molar-refractivity contribution is 4.41. The molecule has 0 heterocycles. The van der Waals surface area contributed by atoms with Crippen LogP contribution >= 0.6 is 0 Å². The summed E-state index contributed by atoms with van der Waals surface area (Å²) >= 11 is 0. The molecule has 0 heteroatoms. The molecule has 0 saturated heterocycles. The summed E-state index contributed by atoms with van der Waals surface area (Å²) < 4.78 is 0. The number of rotatable bonds is 10. The van der Waals surface area contributed by atoms with E-state index in [-0.39, 0.29) is 0 Å². The van der Waals surface area contributed by atoms with Crippen molar-refractivity contribution in [2.45, 2.75) is 167 Å². The Labute approximate surface area is 178 Å². The van der Waals surface area contributed by atoms with Crippen LogP contribution in [0, 0.1) is 11.8 Å². The van der Waals surface area contributed by atoms with Crippen LogP contribution in [0.2, 0.25) is 0 Å². The van der Waals surface area contributed by atoms with Crippen LogP contribution in [0.4, 0.5) is 0 Å². The second-order valence-corrected chi connectivity index (χ2v) is 8.16. The lowest BCUT2D eigenvalue weighted by Crippen LogP contribution is -1.85. The first-order valence-corrected chi connectivity index (χ1v) is 12.8. The van der Waals surface area contributed by atoms with Crippen molar-refractivity contribution < 1.29 is 0 Å². The van der Waals surface area contributed by atoms with E-state index in [9.17, 15) is 0 Å². The second kappa shape index (κ2) is 45.0. The van der Waals surface area contributed by atoms with Crippen molar-refractivity contribution in [1.29, 1.82) is 0 Å². The Morgan fingerprint density at radius 2 is 0.741 bits per heavy atom. The quantitative estimate of drug-likeness (QED) is 0.326. The van der Waals surface area contributed by atoms with Crippen molar-refractivity contribution >= 4 is 0 Å². The average Bonchev–Trinajstić information content (AvgIpc) is 2.67. The van der Waals surface area contributed by atoms with Crippen LogP contribution in [0.5, 0.6) is 0 Å². The Morgan fingerprint density at radius 1 is 0.407 bits per heavy atom. The number of hydrogen-bond donors (Lipinski definition) is 0. The highest BCUT2D eigenvalue weighted by Crippen LogP contribution is 2.03. The predicted octanol–water partition coefficient (Wildman–Crippen LogP) is 11.5. The molecule has 27 heavy (non-hydrogen) atoms. The molecule has 0 nitrogen and oxygen atoms in total. The summed E-state index contributed by atoms with van der Waals surface area (Å²) in [6.45, 7) is 26.7. The Bertz CT molecular complexity index is 147. The van der Waals surface area contributed by atoms with Crippen LogP contribution in [0.3, 0.4) is 0 Å². The van der Waals surface area contributed by atoms with Gasteiger partial charge in [-0.15, -0.1) is 0 Å². The maximum absolute atomic E-state index is 2.28. The molecule has 0 aromatic carbocycles. The van der Waals surface area contributed by atoms with Gasteiger partial charge >= 0.3 is 0 Å². The third kappa shape index (κ3) is 88.6. The third-order valence-corrected chi connectivity index (χ3v) is 4.42. The summed E-state index contributed by atoms with van der Waals surface area (Å²) in [4.78, 5) is 0. The minimum absolute atomic E-state index is 0.898. The molecule has 0 spiro atoms.